The molecule has 2 aromatic rings. The van der Waals surface area contributed by atoms with Crippen LogP contribution in [0.15, 0.2) is 42.5 Å². The molecule has 0 saturated carbocycles. The lowest BCUT2D eigenvalue weighted by molar-refractivity contribution is -0.133. The van der Waals surface area contributed by atoms with Crippen molar-refractivity contribution in [2.24, 2.45) is 0 Å². The normalized spacial score (nSPS) is 9.95. The Balaban J connectivity index is 2.09. The number of rotatable bonds is 3. The summed E-state index contributed by atoms with van der Waals surface area (Å²) in [5.41, 5.74) is 1.73. The van der Waals surface area contributed by atoms with Crippen LogP contribution in [0.3, 0.4) is 0 Å². The summed E-state index contributed by atoms with van der Waals surface area (Å²) in [7, 11) is 1.49. The lowest BCUT2D eigenvalue weighted by Gasteiger charge is -2.11. The number of methoxy groups -OCH3 is 1. The molecule has 5 nitrogen and oxygen atoms in total. The summed E-state index contributed by atoms with van der Waals surface area (Å²) in [6.45, 7) is 1.81. The van der Waals surface area contributed by atoms with E-state index in [1.165, 1.54) is 7.11 Å². The van der Waals surface area contributed by atoms with E-state index >= 15 is 0 Å². The van der Waals surface area contributed by atoms with E-state index in [9.17, 15) is 9.59 Å². The molecule has 114 valence electrons. The van der Waals surface area contributed by atoms with Crippen LogP contribution in [-0.2, 0) is 9.59 Å². The molecule has 2 rings (SSSR count). The number of hydrogen-bond donors (Lipinski definition) is 2. The maximum Gasteiger partial charge on any atom is 0.314 e. The molecule has 2 N–H and O–H groups in total. The Kier molecular flexibility index (Phi) is 5.01. The van der Waals surface area contributed by atoms with Gasteiger partial charge in [0, 0.05) is 10.7 Å². The molecule has 0 spiro atoms. The highest BCUT2D eigenvalue weighted by molar-refractivity contribution is 6.44. The summed E-state index contributed by atoms with van der Waals surface area (Å²) in [6, 6.07) is 11.9. The van der Waals surface area contributed by atoms with E-state index < -0.39 is 11.8 Å². The minimum Gasteiger partial charge on any atom is -0.495 e. The van der Waals surface area contributed by atoms with Crippen LogP contribution in [-0.4, -0.2) is 18.9 Å². The van der Waals surface area contributed by atoms with Crippen molar-refractivity contribution >= 4 is 34.8 Å². The second-order valence-electron chi connectivity index (χ2n) is 4.57. The molecule has 0 aliphatic heterocycles. The first-order valence-electron chi connectivity index (χ1n) is 6.52. The fourth-order valence-corrected chi connectivity index (χ4v) is 2.01. The van der Waals surface area contributed by atoms with Crippen LogP contribution in [0.25, 0.3) is 0 Å². The zero-order valence-electron chi connectivity index (χ0n) is 12.1. The number of hydrogen-bond acceptors (Lipinski definition) is 3. The van der Waals surface area contributed by atoms with E-state index in [2.05, 4.69) is 10.6 Å². The third kappa shape index (κ3) is 3.77. The third-order valence-corrected chi connectivity index (χ3v) is 3.24. The van der Waals surface area contributed by atoms with Gasteiger partial charge in [0.2, 0.25) is 0 Å². The molecule has 0 aliphatic carbocycles. The van der Waals surface area contributed by atoms with Crippen molar-refractivity contribution < 1.29 is 14.3 Å². The highest BCUT2D eigenvalue weighted by Gasteiger charge is 2.16. The van der Waals surface area contributed by atoms with Crippen molar-refractivity contribution in [3.63, 3.8) is 0 Å². The molecule has 2 amide bonds. The van der Waals surface area contributed by atoms with E-state index in [4.69, 9.17) is 16.3 Å². The van der Waals surface area contributed by atoms with Gasteiger partial charge in [0.05, 0.1) is 12.8 Å². The first-order chi connectivity index (χ1) is 10.5. The maximum atomic E-state index is 12.0. The fraction of sp³-hybridized carbons (Fsp3) is 0.125. The highest BCUT2D eigenvalue weighted by Crippen LogP contribution is 2.23. The Bertz CT molecular complexity index is 716. The predicted molar refractivity (Wildman–Crippen MR) is 86.4 cm³/mol. The fourth-order valence-electron chi connectivity index (χ4n) is 1.83. The predicted octanol–water partition coefficient (Wildman–Crippen LogP) is 3.23. The second kappa shape index (κ2) is 6.95. The molecule has 22 heavy (non-hydrogen) atoms. The smallest absolute Gasteiger partial charge is 0.314 e. The molecule has 0 saturated heterocycles. The number of carbonyl (C=O) groups is 2. The van der Waals surface area contributed by atoms with Crippen molar-refractivity contribution in [2.75, 3.05) is 17.7 Å². The molecule has 0 bridgehead atoms. The number of para-hydroxylation sites is 2. The number of nitrogens with one attached hydrogen (secondary N) is 2. The van der Waals surface area contributed by atoms with Gasteiger partial charge >= 0.3 is 11.8 Å². The van der Waals surface area contributed by atoms with E-state index in [0.717, 1.165) is 5.56 Å². The summed E-state index contributed by atoms with van der Waals surface area (Å²) in [4.78, 5) is 23.9. The molecule has 6 heteroatoms. The van der Waals surface area contributed by atoms with Crippen LogP contribution in [0.2, 0.25) is 5.02 Å². The van der Waals surface area contributed by atoms with Gasteiger partial charge in [-0.15, -0.1) is 0 Å². The first kappa shape index (κ1) is 15.9. The Morgan fingerprint density at radius 1 is 1.00 bits per heavy atom. The van der Waals surface area contributed by atoms with Crippen molar-refractivity contribution in [1.82, 2.24) is 0 Å². The number of benzene rings is 2. The second-order valence-corrected chi connectivity index (χ2v) is 5.00. The zero-order valence-corrected chi connectivity index (χ0v) is 12.9. The van der Waals surface area contributed by atoms with Gasteiger partial charge in [0.15, 0.2) is 0 Å². The van der Waals surface area contributed by atoms with E-state index in [0.29, 0.717) is 22.1 Å². The molecule has 0 aromatic heterocycles. The first-order valence-corrected chi connectivity index (χ1v) is 6.90. The van der Waals surface area contributed by atoms with Gasteiger partial charge in [-0.2, -0.15) is 0 Å². The Morgan fingerprint density at radius 2 is 1.64 bits per heavy atom. The topological polar surface area (TPSA) is 67.4 Å². The summed E-state index contributed by atoms with van der Waals surface area (Å²) in [5.74, 6) is -1.09. The van der Waals surface area contributed by atoms with Gasteiger partial charge in [-0.25, -0.2) is 0 Å². The van der Waals surface area contributed by atoms with Crippen LogP contribution in [0.5, 0.6) is 5.75 Å². The summed E-state index contributed by atoms with van der Waals surface area (Å²) >= 11 is 5.88. The van der Waals surface area contributed by atoms with Gasteiger partial charge in [-0.05, 0) is 36.8 Å². The minimum atomic E-state index is -0.788. The lowest BCUT2D eigenvalue weighted by Crippen LogP contribution is -2.29. The van der Waals surface area contributed by atoms with Gasteiger partial charge in [0.25, 0.3) is 0 Å². The quantitative estimate of drug-likeness (QED) is 0.854. The van der Waals surface area contributed by atoms with Gasteiger partial charge < -0.3 is 15.4 Å². The van der Waals surface area contributed by atoms with Gasteiger partial charge in [-0.1, -0.05) is 29.8 Å². The molecule has 0 heterocycles. The summed E-state index contributed by atoms with van der Waals surface area (Å²) in [6.07, 6.45) is 0. The average Bonchev–Trinajstić information content (AvgIpc) is 2.51. The van der Waals surface area contributed by atoms with E-state index in [1.807, 2.05) is 6.92 Å². The molecule has 0 atom stereocenters. The third-order valence-electron chi connectivity index (χ3n) is 3.01. The van der Waals surface area contributed by atoms with Crippen LogP contribution in [0.4, 0.5) is 11.4 Å². The molecule has 0 fully saturated rings. The molecule has 0 aliphatic rings. The summed E-state index contributed by atoms with van der Waals surface area (Å²) in [5, 5.41) is 5.52. The molecule has 2 aromatic carbocycles. The van der Waals surface area contributed by atoms with Crippen molar-refractivity contribution in [3.8, 4) is 5.75 Å². The number of halogens is 1. The zero-order chi connectivity index (χ0) is 16.1. The number of anilines is 2. The Hall–Kier alpha value is -2.53. The molecular formula is C16H15ClN2O3. The highest BCUT2D eigenvalue weighted by atomic mass is 35.5. The lowest BCUT2D eigenvalue weighted by atomic mass is 10.2. The maximum absolute atomic E-state index is 12.0. The largest absolute Gasteiger partial charge is 0.495 e. The molecule has 0 radical (unpaired) electrons. The monoisotopic (exact) mass is 318 g/mol. The molecule has 0 unspecified atom stereocenters. The Labute approximate surface area is 133 Å². The number of carbonyl (C=O) groups excluding carboxylic acids is 2. The van der Waals surface area contributed by atoms with E-state index in [1.54, 1.807) is 42.5 Å². The van der Waals surface area contributed by atoms with Gasteiger partial charge in [-0.3, -0.25) is 9.59 Å². The summed E-state index contributed by atoms with van der Waals surface area (Å²) < 4.78 is 5.12. The van der Waals surface area contributed by atoms with Crippen LogP contribution >= 0.6 is 11.6 Å². The average molecular weight is 319 g/mol. The van der Waals surface area contributed by atoms with Crippen LogP contribution in [0, 0.1) is 6.92 Å². The standard InChI is InChI=1S/C16H15ClN2O3/c1-10-7-8-11(17)9-13(10)19-16(21)15(20)18-12-5-3-4-6-14(12)22-2/h3-9H,1-2H3,(H,18,20)(H,19,21). The number of ether oxygens (including phenoxy) is 1. The van der Waals surface area contributed by atoms with Crippen LogP contribution in [0.1, 0.15) is 5.56 Å². The van der Waals surface area contributed by atoms with Crippen molar-refractivity contribution in [1.29, 1.82) is 0 Å². The molecular weight excluding hydrogens is 304 g/mol. The van der Waals surface area contributed by atoms with Gasteiger partial charge in [0.1, 0.15) is 5.75 Å². The number of aryl methyl sites for hydroxylation is 1. The van der Waals surface area contributed by atoms with Crippen molar-refractivity contribution in [3.05, 3.63) is 53.1 Å². The van der Waals surface area contributed by atoms with Crippen LogP contribution < -0.4 is 15.4 Å². The van der Waals surface area contributed by atoms with E-state index in [-0.39, 0.29) is 0 Å². The van der Waals surface area contributed by atoms with Crippen molar-refractivity contribution in [2.45, 2.75) is 6.92 Å². The SMILES string of the molecule is COc1ccccc1NC(=O)C(=O)Nc1cc(Cl)ccc1C. The number of amides is 2. The minimum absolute atomic E-state index is 0.424. The Morgan fingerprint density at radius 3 is 2.32 bits per heavy atom.